The standard InChI is InChI=1S/C17H23NO4/c1-17(2,3)22-16(20)14-9-13(10-18-14)11-5-7-12(8-6-11)15(19)21-4/h5-8,13-14,18H,9-10H2,1-4H3. The second-order valence-corrected chi connectivity index (χ2v) is 6.54. The average Bonchev–Trinajstić information content (AvgIpc) is 2.95. The van der Waals surface area contributed by atoms with E-state index < -0.39 is 5.60 Å². The van der Waals surface area contributed by atoms with Gasteiger partial charge in [-0.1, -0.05) is 12.1 Å². The van der Waals surface area contributed by atoms with Gasteiger partial charge in [0.25, 0.3) is 0 Å². The van der Waals surface area contributed by atoms with Gasteiger partial charge in [0.1, 0.15) is 11.6 Å². The number of hydrogen-bond donors (Lipinski definition) is 1. The largest absolute Gasteiger partial charge is 0.465 e. The van der Waals surface area contributed by atoms with Crippen molar-refractivity contribution in [1.82, 2.24) is 5.32 Å². The number of esters is 2. The van der Waals surface area contributed by atoms with Gasteiger partial charge in [0.2, 0.25) is 0 Å². The van der Waals surface area contributed by atoms with Gasteiger partial charge in [-0.2, -0.15) is 0 Å². The third kappa shape index (κ3) is 4.07. The highest BCUT2D eigenvalue weighted by Gasteiger charge is 2.33. The van der Waals surface area contributed by atoms with Crippen molar-refractivity contribution in [3.8, 4) is 0 Å². The van der Waals surface area contributed by atoms with Gasteiger partial charge in [0.05, 0.1) is 12.7 Å². The molecule has 22 heavy (non-hydrogen) atoms. The molecule has 1 aliphatic heterocycles. The number of hydrogen-bond acceptors (Lipinski definition) is 5. The van der Waals surface area contributed by atoms with Crippen LogP contribution in [0.25, 0.3) is 0 Å². The number of nitrogens with one attached hydrogen (secondary N) is 1. The van der Waals surface area contributed by atoms with Crippen LogP contribution in [-0.2, 0) is 14.3 Å². The van der Waals surface area contributed by atoms with Gasteiger partial charge in [-0.05, 0) is 50.8 Å². The van der Waals surface area contributed by atoms with Gasteiger partial charge >= 0.3 is 11.9 Å². The Bertz CT molecular complexity index is 545. The predicted octanol–water partition coefficient (Wildman–Crippen LogP) is 2.26. The Hall–Kier alpha value is -1.88. The zero-order chi connectivity index (χ0) is 16.3. The van der Waals surface area contributed by atoms with Crippen molar-refractivity contribution in [3.05, 3.63) is 35.4 Å². The minimum Gasteiger partial charge on any atom is -0.465 e. The fourth-order valence-electron chi connectivity index (χ4n) is 2.55. The molecule has 2 unspecified atom stereocenters. The Morgan fingerprint density at radius 2 is 1.82 bits per heavy atom. The number of ether oxygens (including phenoxy) is 2. The zero-order valence-electron chi connectivity index (χ0n) is 13.5. The molecule has 1 aromatic rings. The highest BCUT2D eigenvalue weighted by molar-refractivity contribution is 5.89. The Morgan fingerprint density at radius 1 is 1.18 bits per heavy atom. The Balaban J connectivity index is 1.98. The molecule has 0 aromatic heterocycles. The number of carbonyl (C=O) groups is 2. The lowest BCUT2D eigenvalue weighted by atomic mass is 9.95. The van der Waals surface area contributed by atoms with E-state index >= 15 is 0 Å². The van der Waals surface area contributed by atoms with Gasteiger partial charge in [0, 0.05) is 6.54 Å². The van der Waals surface area contributed by atoms with Gasteiger partial charge in [-0.3, -0.25) is 4.79 Å². The normalized spacial score (nSPS) is 21.5. The molecular weight excluding hydrogens is 282 g/mol. The summed E-state index contributed by atoms with van der Waals surface area (Å²) in [5.41, 5.74) is 1.16. The van der Waals surface area contributed by atoms with E-state index in [0.717, 1.165) is 12.1 Å². The molecule has 1 fully saturated rings. The van der Waals surface area contributed by atoms with Crippen LogP contribution in [0.5, 0.6) is 0 Å². The first-order valence-electron chi connectivity index (χ1n) is 7.44. The number of methoxy groups -OCH3 is 1. The number of rotatable bonds is 3. The van der Waals surface area contributed by atoms with E-state index in [4.69, 9.17) is 4.74 Å². The minimum absolute atomic E-state index is 0.207. The third-order valence-corrected chi connectivity index (χ3v) is 3.63. The molecule has 0 aliphatic carbocycles. The summed E-state index contributed by atoms with van der Waals surface area (Å²) >= 11 is 0. The summed E-state index contributed by atoms with van der Waals surface area (Å²) in [5.74, 6) is -0.312. The highest BCUT2D eigenvalue weighted by atomic mass is 16.6. The highest BCUT2D eigenvalue weighted by Crippen LogP contribution is 2.27. The smallest absolute Gasteiger partial charge is 0.337 e. The lowest BCUT2D eigenvalue weighted by Crippen LogP contribution is -2.37. The molecule has 0 radical (unpaired) electrons. The molecule has 2 rings (SSSR count). The maximum Gasteiger partial charge on any atom is 0.337 e. The monoisotopic (exact) mass is 305 g/mol. The SMILES string of the molecule is COC(=O)c1ccc(C2CNC(C(=O)OC(C)(C)C)C2)cc1. The molecule has 0 bridgehead atoms. The van der Waals surface area contributed by atoms with E-state index in [1.54, 1.807) is 12.1 Å². The van der Waals surface area contributed by atoms with Crippen molar-refractivity contribution in [2.45, 2.75) is 44.8 Å². The molecule has 5 nitrogen and oxygen atoms in total. The second-order valence-electron chi connectivity index (χ2n) is 6.54. The van der Waals surface area contributed by atoms with Crippen LogP contribution in [-0.4, -0.2) is 37.2 Å². The summed E-state index contributed by atoms with van der Waals surface area (Å²) in [4.78, 5) is 23.5. The number of carbonyl (C=O) groups excluding carboxylic acids is 2. The topological polar surface area (TPSA) is 64.6 Å². The van der Waals surface area contributed by atoms with Crippen LogP contribution >= 0.6 is 0 Å². The Labute approximate surface area is 131 Å². The van der Waals surface area contributed by atoms with E-state index in [-0.39, 0.29) is 23.9 Å². The van der Waals surface area contributed by atoms with Crippen molar-refractivity contribution >= 4 is 11.9 Å². The predicted molar refractivity (Wildman–Crippen MR) is 82.8 cm³/mol. The van der Waals surface area contributed by atoms with E-state index in [0.29, 0.717) is 12.0 Å². The molecule has 0 amide bonds. The molecule has 5 heteroatoms. The zero-order valence-corrected chi connectivity index (χ0v) is 13.5. The quantitative estimate of drug-likeness (QED) is 0.868. The summed E-state index contributed by atoms with van der Waals surface area (Å²) in [5, 5.41) is 3.21. The summed E-state index contributed by atoms with van der Waals surface area (Å²) in [6, 6.07) is 7.06. The van der Waals surface area contributed by atoms with Gasteiger partial charge < -0.3 is 14.8 Å². The second kappa shape index (κ2) is 6.48. The first kappa shape index (κ1) is 16.5. The molecule has 0 saturated carbocycles. The molecule has 1 aromatic carbocycles. The third-order valence-electron chi connectivity index (χ3n) is 3.63. The van der Waals surface area contributed by atoms with Crippen LogP contribution in [0.2, 0.25) is 0 Å². The van der Waals surface area contributed by atoms with Crippen LogP contribution in [0.1, 0.15) is 49.0 Å². The van der Waals surface area contributed by atoms with Crippen LogP contribution in [0.15, 0.2) is 24.3 Å². The maximum atomic E-state index is 12.1. The maximum absolute atomic E-state index is 12.1. The van der Waals surface area contributed by atoms with Crippen LogP contribution < -0.4 is 5.32 Å². The molecule has 1 heterocycles. The van der Waals surface area contributed by atoms with Crippen molar-refractivity contribution < 1.29 is 19.1 Å². The van der Waals surface area contributed by atoms with Crippen LogP contribution in [0.4, 0.5) is 0 Å². The van der Waals surface area contributed by atoms with Crippen molar-refractivity contribution in [1.29, 1.82) is 0 Å². The van der Waals surface area contributed by atoms with E-state index in [9.17, 15) is 9.59 Å². The molecule has 2 atom stereocenters. The molecule has 1 aliphatic rings. The van der Waals surface area contributed by atoms with Crippen molar-refractivity contribution in [2.75, 3.05) is 13.7 Å². The van der Waals surface area contributed by atoms with E-state index in [1.165, 1.54) is 7.11 Å². The van der Waals surface area contributed by atoms with Gasteiger partial charge in [-0.25, -0.2) is 4.79 Å². The number of benzene rings is 1. The minimum atomic E-state index is -0.473. The molecule has 1 saturated heterocycles. The molecular formula is C17H23NO4. The summed E-state index contributed by atoms with van der Waals surface area (Å²) in [6.07, 6.45) is 0.701. The van der Waals surface area contributed by atoms with Gasteiger partial charge in [0.15, 0.2) is 0 Å². The summed E-state index contributed by atoms with van der Waals surface area (Å²) in [7, 11) is 1.36. The molecule has 120 valence electrons. The molecule has 0 spiro atoms. The fraction of sp³-hybridized carbons (Fsp3) is 0.529. The van der Waals surface area contributed by atoms with Crippen molar-refractivity contribution in [2.24, 2.45) is 0 Å². The van der Waals surface area contributed by atoms with E-state index in [1.807, 2.05) is 32.9 Å². The first-order valence-corrected chi connectivity index (χ1v) is 7.44. The van der Waals surface area contributed by atoms with Crippen LogP contribution in [0.3, 0.4) is 0 Å². The first-order chi connectivity index (χ1) is 10.3. The van der Waals surface area contributed by atoms with E-state index in [2.05, 4.69) is 10.1 Å². The lowest BCUT2D eigenvalue weighted by Gasteiger charge is -2.22. The van der Waals surface area contributed by atoms with Crippen LogP contribution in [0, 0.1) is 0 Å². The average molecular weight is 305 g/mol. The Kier molecular flexibility index (Phi) is 4.86. The van der Waals surface area contributed by atoms with Crippen molar-refractivity contribution in [3.63, 3.8) is 0 Å². The molecule has 1 N–H and O–H groups in total. The fourth-order valence-corrected chi connectivity index (χ4v) is 2.55. The Morgan fingerprint density at radius 3 is 2.36 bits per heavy atom. The van der Waals surface area contributed by atoms with Gasteiger partial charge in [-0.15, -0.1) is 0 Å². The lowest BCUT2D eigenvalue weighted by molar-refractivity contribution is -0.157. The summed E-state index contributed by atoms with van der Waals surface area (Å²) < 4.78 is 10.1. The summed E-state index contributed by atoms with van der Waals surface area (Å²) in [6.45, 7) is 6.32.